The number of ether oxygens (including phenoxy) is 1. The van der Waals surface area contributed by atoms with Crippen molar-refractivity contribution in [1.82, 2.24) is 4.57 Å². The van der Waals surface area contributed by atoms with E-state index >= 15 is 0 Å². The van der Waals surface area contributed by atoms with Crippen LogP contribution in [0.15, 0.2) is 84.9 Å². The molecule has 246 valence electrons. The Morgan fingerprint density at radius 3 is 1.96 bits per heavy atom. The van der Waals surface area contributed by atoms with Crippen LogP contribution in [0.4, 0.5) is 14.5 Å². The van der Waals surface area contributed by atoms with Gasteiger partial charge in [-0.2, -0.15) is 0 Å². The van der Waals surface area contributed by atoms with Crippen LogP contribution in [-0.2, 0) is 14.3 Å². The zero-order valence-corrected chi connectivity index (χ0v) is 26.3. The van der Waals surface area contributed by atoms with Crippen LogP contribution in [-0.4, -0.2) is 58.4 Å². The number of methoxy groups -OCH3 is 1. The van der Waals surface area contributed by atoms with Crippen molar-refractivity contribution in [2.75, 3.05) is 18.6 Å². The van der Waals surface area contributed by atoms with Gasteiger partial charge in [-0.3, -0.25) is 19.3 Å². The smallest absolute Gasteiger partial charge is 0.308 e. The van der Waals surface area contributed by atoms with Crippen molar-refractivity contribution < 1.29 is 38.1 Å². The summed E-state index contributed by atoms with van der Waals surface area (Å²) in [7, 11) is 1.20. The second-order valence-corrected chi connectivity index (χ2v) is 11.3. The fraction of sp³-hybridized carbons (Fsp3) is 0.250. The Hall–Kier alpha value is -5.13. The summed E-state index contributed by atoms with van der Waals surface area (Å²) >= 11 is 0. The predicted octanol–water partition coefficient (Wildman–Crippen LogP) is 5.50. The zero-order valence-electron chi connectivity index (χ0n) is 26.3. The number of anilines is 1. The summed E-state index contributed by atoms with van der Waals surface area (Å²) in [5.41, 5.74) is 8.41. The number of para-hydroxylation sites is 1. The Balaban J connectivity index is 2.03. The molecule has 11 heteroatoms. The summed E-state index contributed by atoms with van der Waals surface area (Å²) < 4.78 is 34.7. The van der Waals surface area contributed by atoms with Crippen molar-refractivity contribution >= 4 is 29.5 Å². The lowest BCUT2D eigenvalue weighted by atomic mass is 9.94. The van der Waals surface area contributed by atoms with E-state index in [4.69, 9.17) is 5.73 Å². The van der Waals surface area contributed by atoms with Gasteiger partial charge in [0, 0.05) is 35.0 Å². The molecule has 1 heterocycles. The normalized spacial score (nSPS) is 12.7. The van der Waals surface area contributed by atoms with Gasteiger partial charge in [-0.25, -0.2) is 8.78 Å². The van der Waals surface area contributed by atoms with Gasteiger partial charge in [-0.15, -0.1) is 0 Å². The molecule has 1 aromatic heterocycles. The van der Waals surface area contributed by atoms with Gasteiger partial charge in [-0.05, 0) is 67.4 Å². The minimum absolute atomic E-state index is 0.135. The van der Waals surface area contributed by atoms with E-state index in [1.165, 1.54) is 54.5 Å². The Labute approximate surface area is 271 Å². The van der Waals surface area contributed by atoms with Crippen LogP contribution >= 0.6 is 0 Å². The van der Waals surface area contributed by atoms with Crippen LogP contribution in [0.2, 0.25) is 0 Å². The first-order valence-electron chi connectivity index (χ1n) is 15.0. The van der Waals surface area contributed by atoms with E-state index in [0.717, 1.165) is 0 Å². The number of aromatic nitrogens is 1. The number of hydrogen-bond donors (Lipinski definition) is 3. The lowest BCUT2D eigenvalue weighted by Gasteiger charge is -2.24. The molecule has 0 fully saturated rings. The molecule has 0 saturated carbocycles. The number of halogens is 2. The summed E-state index contributed by atoms with van der Waals surface area (Å²) in [6.45, 7) is 3.24. The maximum atomic E-state index is 14.7. The number of hydrogen-bond acceptors (Lipinski definition) is 6. The number of primary amides is 1. The van der Waals surface area contributed by atoms with Crippen molar-refractivity contribution in [3.05, 3.63) is 108 Å². The first-order valence-corrected chi connectivity index (χ1v) is 15.0. The van der Waals surface area contributed by atoms with Gasteiger partial charge in [0.15, 0.2) is 0 Å². The topological polar surface area (TPSA) is 135 Å². The SMILES string of the molecule is COC(=O)CC(O)CC(O)C=Cc1c(-c2ccc(F)cc2)c(-c2ccc(F)cc2)c(C(=O)N(CC(N)=O)c2ccccc2)n1C(C)C. The molecule has 3 aromatic carbocycles. The Morgan fingerprint density at radius 2 is 1.45 bits per heavy atom. The minimum atomic E-state index is -1.21. The predicted molar refractivity (Wildman–Crippen MR) is 175 cm³/mol. The number of benzene rings is 3. The third-order valence-corrected chi connectivity index (χ3v) is 7.47. The maximum absolute atomic E-state index is 14.7. The second kappa shape index (κ2) is 15.4. The molecule has 0 aliphatic rings. The first kappa shape index (κ1) is 34.7. The van der Waals surface area contributed by atoms with Gasteiger partial charge in [0.2, 0.25) is 5.91 Å². The highest BCUT2D eigenvalue weighted by atomic mass is 19.1. The van der Waals surface area contributed by atoms with Gasteiger partial charge in [0.05, 0.1) is 25.7 Å². The molecule has 4 aromatic rings. The molecule has 2 amide bonds. The monoisotopic (exact) mass is 645 g/mol. The van der Waals surface area contributed by atoms with Crippen molar-refractivity contribution in [3.8, 4) is 22.3 Å². The number of aliphatic hydroxyl groups is 2. The van der Waals surface area contributed by atoms with Crippen LogP contribution in [0.1, 0.15) is 48.9 Å². The zero-order chi connectivity index (χ0) is 34.2. The number of aliphatic hydroxyl groups excluding tert-OH is 2. The third-order valence-electron chi connectivity index (χ3n) is 7.47. The highest BCUT2D eigenvalue weighted by Gasteiger charge is 2.33. The van der Waals surface area contributed by atoms with Gasteiger partial charge in [-0.1, -0.05) is 48.5 Å². The molecule has 47 heavy (non-hydrogen) atoms. The Kier molecular flexibility index (Phi) is 11.4. The van der Waals surface area contributed by atoms with Crippen LogP contribution in [0, 0.1) is 11.6 Å². The molecule has 0 aliphatic heterocycles. The van der Waals surface area contributed by atoms with E-state index in [-0.39, 0.29) is 18.5 Å². The number of nitrogens with two attached hydrogens (primary N) is 1. The van der Waals surface area contributed by atoms with Gasteiger partial charge in [0.25, 0.3) is 5.91 Å². The second-order valence-electron chi connectivity index (χ2n) is 11.3. The number of carbonyl (C=O) groups is 3. The summed E-state index contributed by atoms with van der Waals surface area (Å²) in [5, 5.41) is 21.1. The average molecular weight is 646 g/mol. The lowest BCUT2D eigenvalue weighted by Crippen LogP contribution is -2.40. The lowest BCUT2D eigenvalue weighted by molar-refractivity contribution is -0.143. The molecule has 0 aliphatic carbocycles. The summed E-state index contributed by atoms with van der Waals surface area (Å²) in [5.74, 6) is -2.95. The molecular weight excluding hydrogens is 608 g/mol. The quantitative estimate of drug-likeness (QED) is 0.164. The van der Waals surface area contributed by atoms with Crippen molar-refractivity contribution in [2.45, 2.75) is 44.9 Å². The fourth-order valence-electron chi connectivity index (χ4n) is 5.41. The first-order chi connectivity index (χ1) is 22.4. The number of esters is 1. The van der Waals surface area contributed by atoms with E-state index in [2.05, 4.69) is 4.74 Å². The molecule has 0 bridgehead atoms. The Morgan fingerprint density at radius 1 is 0.894 bits per heavy atom. The van der Waals surface area contributed by atoms with E-state index in [1.807, 2.05) is 13.8 Å². The van der Waals surface area contributed by atoms with Gasteiger partial charge in [0.1, 0.15) is 23.9 Å². The average Bonchev–Trinajstić information content (AvgIpc) is 3.38. The number of rotatable bonds is 13. The molecule has 4 N–H and O–H groups in total. The molecule has 0 saturated heterocycles. The van der Waals surface area contributed by atoms with Crippen LogP contribution < -0.4 is 10.6 Å². The summed E-state index contributed by atoms with van der Waals surface area (Å²) in [6, 6.07) is 19.3. The molecule has 2 atom stereocenters. The number of nitrogens with zero attached hydrogens (tertiary/aromatic N) is 2. The highest BCUT2D eigenvalue weighted by Crippen LogP contribution is 2.43. The van der Waals surface area contributed by atoms with Crippen LogP contribution in [0.25, 0.3) is 28.3 Å². The molecular formula is C36H37F2N3O6. The summed E-state index contributed by atoms with van der Waals surface area (Å²) in [6.07, 6.45) is 0.109. The van der Waals surface area contributed by atoms with Gasteiger partial charge < -0.3 is 25.3 Å². The van der Waals surface area contributed by atoms with Crippen molar-refractivity contribution in [3.63, 3.8) is 0 Å². The minimum Gasteiger partial charge on any atom is -0.469 e. The molecule has 2 unspecified atom stereocenters. The third kappa shape index (κ3) is 8.37. The number of amides is 2. The molecule has 4 rings (SSSR count). The fourth-order valence-corrected chi connectivity index (χ4v) is 5.41. The van der Waals surface area contributed by atoms with E-state index in [9.17, 15) is 33.4 Å². The van der Waals surface area contributed by atoms with Crippen LogP contribution in [0.3, 0.4) is 0 Å². The molecule has 0 spiro atoms. The van der Waals surface area contributed by atoms with Gasteiger partial charge >= 0.3 is 5.97 Å². The van der Waals surface area contributed by atoms with E-state index < -0.39 is 54.2 Å². The van der Waals surface area contributed by atoms with E-state index in [1.54, 1.807) is 53.1 Å². The number of carbonyl (C=O) groups excluding carboxylic acids is 3. The molecule has 0 radical (unpaired) electrons. The van der Waals surface area contributed by atoms with Crippen molar-refractivity contribution in [1.29, 1.82) is 0 Å². The van der Waals surface area contributed by atoms with E-state index in [0.29, 0.717) is 33.6 Å². The van der Waals surface area contributed by atoms with Crippen molar-refractivity contribution in [2.24, 2.45) is 5.73 Å². The van der Waals surface area contributed by atoms with Crippen LogP contribution in [0.5, 0.6) is 0 Å². The largest absolute Gasteiger partial charge is 0.469 e. The molecule has 9 nitrogen and oxygen atoms in total. The maximum Gasteiger partial charge on any atom is 0.308 e. The Bertz CT molecular complexity index is 1740. The highest BCUT2D eigenvalue weighted by molar-refractivity contribution is 6.14. The summed E-state index contributed by atoms with van der Waals surface area (Å²) in [4.78, 5) is 39.9. The standard InChI is InChI=1S/C36H37F2N3O6/c1-22(2)41-30(18-17-28(42)19-29(43)20-32(45)47-3)33(23-9-13-25(37)14-10-23)34(24-11-15-26(38)16-12-24)35(41)36(46)40(21-31(39)44)27-7-5-4-6-8-27/h4-18,22,28-29,42-43H,19-21H2,1-3H3,(H2,39,44).